The lowest BCUT2D eigenvalue weighted by Gasteiger charge is -2.19. The van der Waals surface area contributed by atoms with Crippen LogP contribution in [0.15, 0.2) is 179 Å². The van der Waals surface area contributed by atoms with Crippen LogP contribution in [0.1, 0.15) is 23.8 Å². The molecule has 58 heavy (non-hydrogen) atoms. The summed E-state index contributed by atoms with van der Waals surface area (Å²) in [5.74, 6) is 0.964. The minimum atomic E-state index is 0.845. The average molecular weight is 759 g/mol. The van der Waals surface area contributed by atoms with Crippen LogP contribution in [0.2, 0.25) is 0 Å². The molecule has 4 heterocycles. The SMILES string of the molecule is CCC1=C(c2ccc3oc4ccccc4c3c2)C(n2c3cc4ccccc4cc3c3c4c5ccccc5c5ccccc5c4ccc32)=Nc2c(sc3ccccc23)C1. The molecule has 9 aromatic carbocycles. The van der Waals surface area contributed by atoms with Crippen molar-refractivity contribution in [2.75, 3.05) is 0 Å². The molecule has 0 aliphatic carbocycles. The molecule has 0 saturated heterocycles. The molecule has 0 amide bonds. The Kier molecular flexibility index (Phi) is 6.64. The number of hydrogen-bond donors (Lipinski definition) is 0. The molecule has 1 aliphatic heterocycles. The van der Waals surface area contributed by atoms with E-state index in [9.17, 15) is 0 Å². The lowest BCUT2D eigenvalue weighted by Crippen LogP contribution is -2.15. The van der Waals surface area contributed by atoms with Gasteiger partial charge in [0, 0.05) is 53.9 Å². The molecule has 0 N–H and O–H groups in total. The number of para-hydroxylation sites is 1. The molecule has 0 radical (unpaired) electrons. The van der Waals surface area contributed by atoms with Gasteiger partial charge in [0.15, 0.2) is 0 Å². The van der Waals surface area contributed by atoms with E-state index in [0.29, 0.717) is 0 Å². The van der Waals surface area contributed by atoms with Crippen LogP contribution >= 0.6 is 11.3 Å². The van der Waals surface area contributed by atoms with E-state index in [4.69, 9.17) is 9.41 Å². The number of aliphatic imine (C=N–C) groups is 1. The number of hydrogen-bond acceptors (Lipinski definition) is 3. The van der Waals surface area contributed by atoms with Gasteiger partial charge in [0.25, 0.3) is 0 Å². The number of benzene rings is 9. The van der Waals surface area contributed by atoms with Crippen LogP contribution in [0.4, 0.5) is 5.69 Å². The second-order valence-corrected chi connectivity index (χ2v) is 16.8. The fourth-order valence-corrected chi connectivity index (χ4v) is 11.2. The topological polar surface area (TPSA) is 30.4 Å². The van der Waals surface area contributed by atoms with Gasteiger partial charge in [0.05, 0.1) is 16.7 Å². The van der Waals surface area contributed by atoms with E-state index < -0.39 is 0 Å². The molecule has 0 unspecified atom stereocenters. The van der Waals surface area contributed by atoms with E-state index in [2.05, 4.69) is 169 Å². The molecule has 0 fully saturated rings. The number of fused-ring (bicyclic) bond motifs is 17. The molecule has 3 nitrogen and oxygen atoms in total. The summed E-state index contributed by atoms with van der Waals surface area (Å²) < 4.78 is 10.2. The van der Waals surface area contributed by atoms with Crippen molar-refractivity contribution >= 4 is 125 Å². The number of nitrogens with zero attached hydrogens (tertiary/aromatic N) is 2. The van der Waals surface area contributed by atoms with Crippen LogP contribution in [0.5, 0.6) is 0 Å². The molecule has 13 rings (SSSR count). The Morgan fingerprint density at radius 2 is 1.17 bits per heavy atom. The Morgan fingerprint density at radius 3 is 1.97 bits per heavy atom. The normalized spacial score (nSPS) is 13.6. The van der Waals surface area contributed by atoms with Crippen molar-refractivity contribution in [2.45, 2.75) is 19.8 Å². The Bertz CT molecular complexity index is 3780. The van der Waals surface area contributed by atoms with E-state index in [1.165, 1.54) is 80.0 Å². The maximum absolute atomic E-state index is 6.37. The van der Waals surface area contributed by atoms with Gasteiger partial charge in [-0.1, -0.05) is 134 Å². The average Bonchev–Trinajstić information content (AvgIpc) is 3.89. The van der Waals surface area contributed by atoms with E-state index in [1.807, 2.05) is 17.4 Å². The van der Waals surface area contributed by atoms with Gasteiger partial charge >= 0.3 is 0 Å². The number of rotatable bonds is 2. The predicted molar refractivity (Wildman–Crippen MR) is 248 cm³/mol. The molecule has 272 valence electrons. The van der Waals surface area contributed by atoms with Crippen molar-refractivity contribution in [3.8, 4) is 0 Å². The smallest absolute Gasteiger partial charge is 0.146 e. The molecule has 4 heteroatoms. The Morgan fingerprint density at radius 1 is 0.534 bits per heavy atom. The van der Waals surface area contributed by atoms with Crippen LogP contribution in [-0.4, -0.2) is 10.4 Å². The lowest BCUT2D eigenvalue weighted by atomic mass is 9.91. The first-order chi connectivity index (χ1) is 28.7. The summed E-state index contributed by atoms with van der Waals surface area (Å²) in [6.45, 7) is 2.31. The number of allylic oxidation sites excluding steroid dienone is 2. The van der Waals surface area contributed by atoms with Crippen molar-refractivity contribution < 1.29 is 4.42 Å². The molecule has 12 aromatic rings. The first kappa shape index (κ1) is 32.1. The van der Waals surface area contributed by atoms with Crippen LogP contribution in [0, 0.1) is 0 Å². The Balaban J connectivity index is 1.23. The predicted octanol–water partition coefficient (Wildman–Crippen LogP) is 15.5. The Hall–Kier alpha value is -7.01. The maximum Gasteiger partial charge on any atom is 0.146 e. The van der Waals surface area contributed by atoms with Crippen LogP contribution < -0.4 is 0 Å². The Labute approximate surface area is 337 Å². The van der Waals surface area contributed by atoms with Gasteiger partial charge in [0.2, 0.25) is 0 Å². The van der Waals surface area contributed by atoms with Crippen molar-refractivity contribution in [3.05, 3.63) is 180 Å². The minimum absolute atomic E-state index is 0.845. The largest absolute Gasteiger partial charge is 0.456 e. The molecule has 0 atom stereocenters. The lowest BCUT2D eigenvalue weighted by molar-refractivity contribution is 0.669. The third kappa shape index (κ3) is 4.41. The zero-order chi connectivity index (χ0) is 38.1. The van der Waals surface area contributed by atoms with Gasteiger partial charge in [-0.05, 0) is 92.2 Å². The second-order valence-electron chi connectivity index (χ2n) is 15.6. The van der Waals surface area contributed by atoms with Crippen molar-refractivity contribution in [3.63, 3.8) is 0 Å². The van der Waals surface area contributed by atoms with Gasteiger partial charge < -0.3 is 4.42 Å². The highest BCUT2D eigenvalue weighted by molar-refractivity contribution is 7.19. The van der Waals surface area contributed by atoms with Crippen LogP contribution in [0.3, 0.4) is 0 Å². The summed E-state index contributed by atoms with van der Waals surface area (Å²) in [7, 11) is 0. The third-order valence-corrected chi connectivity index (χ3v) is 13.8. The maximum atomic E-state index is 6.37. The van der Waals surface area contributed by atoms with Gasteiger partial charge in [-0.2, -0.15) is 0 Å². The molecule has 0 saturated carbocycles. The van der Waals surface area contributed by atoms with Gasteiger partial charge in [0.1, 0.15) is 17.0 Å². The quantitative estimate of drug-likeness (QED) is 0.162. The summed E-state index contributed by atoms with van der Waals surface area (Å²) >= 11 is 1.88. The van der Waals surface area contributed by atoms with Crippen molar-refractivity contribution in [1.29, 1.82) is 0 Å². The standard InChI is InChI=1S/C54H34N2OS/c1-2-31-30-49-53(41-20-10-12-22-48(41)58-49)55-54(50(31)34-23-26-47-42(28-34)38-18-9-11-21-46(38)57-47)56-44-25-24-40-37-17-6-5-15-35(37)36-16-7-8-19-39(36)51(40)52(44)43-27-32-13-3-4-14-33(32)29-45(43)56/h3-29H,2,30H2,1H3. The van der Waals surface area contributed by atoms with Crippen molar-refractivity contribution in [2.24, 2.45) is 4.99 Å². The second kappa shape index (κ2) is 12.0. The molecule has 0 bridgehead atoms. The van der Waals surface area contributed by atoms with Gasteiger partial charge in [-0.15, -0.1) is 11.3 Å². The highest BCUT2D eigenvalue weighted by atomic mass is 32.1. The van der Waals surface area contributed by atoms with Gasteiger partial charge in [-0.25, -0.2) is 4.99 Å². The van der Waals surface area contributed by atoms with E-state index >= 15 is 0 Å². The monoisotopic (exact) mass is 758 g/mol. The van der Waals surface area contributed by atoms with Gasteiger partial charge in [-0.3, -0.25) is 4.57 Å². The molecule has 0 spiro atoms. The summed E-state index contributed by atoms with van der Waals surface area (Å²) in [5.41, 5.74) is 8.92. The minimum Gasteiger partial charge on any atom is -0.456 e. The van der Waals surface area contributed by atoms with E-state index in [1.54, 1.807) is 0 Å². The number of furan rings is 1. The number of aromatic nitrogens is 1. The fraction of sp³-hybridized carbons (Fsp3) is 0.0556. The molecular weight excluding hydrogens is 725 g/mol. The fourth-order valence-electron chi connectivity index (χ4n) is 10.0. The molecular formula is C54H34N2OS. The highest BCUT2D eigenvalue weighted by Gasteiger charge is 2.29. The van der Waals surface area contributed by atoms with Crippen molar-refractivity contribution in [1.82, 2.24) is 4.57 Å². The summed E-state index contributed by atoms with van der Waals surface area (Å²) in [4.78, 5) is 7.25. The van der Waals surface area contributed by atoms with Crippen LogP contribution in [-0.2, 0) is 6.42 Å². The zero-order valence-corrected chi connectivity index (χ0v) is 32.5. The first-order valence-corrected chi connectivity index (χ1v) is 21.0. The third-order valence-electron chi connectivity index (χ3n) is 12.6. The van der Waals surface area contributed by atoms with Crippen LogP contribution in [0.25, 0.3) is 102 Å². The highest BCUT2D eigenvalue weighted by Crippen LogP contribution is 2.48. The summed E-state index contributed by atoms with van der Waals surface area (Å²) in [6, 6.07) is 60.1. The first-order valence-electron chi connectivity index (χ1n) is 20.1. The summed E-state index contributed by atoms with van der Waals surface area (Å²) in [5, 5.41) is 16.0. The zero-order valence-electron chi connectivity index (χ0n) is 31.7. The molecule has 1 aliphatic rings. The molecule has 3 aromatic heterocycles. The van der Waals surface area contributed by atoms with E-state index in [-0.39, 0.29) is 0 Å². The van der Waals surface area contributed by atoms with E-state index in [0.717, 1.165) is 62.9 Å². The summed E-state index contributed by atoms with van der Waals surface area (Å²) in [6.07, 6.45) is 1.74. The number of thiophene rings is 1.